The number of piperidine rings is 1. The van der Waals surface area contributed by atoms with Crippen LogP contribution in [-0.2, 0) is 20.6 Å². The van der Waals surface area contributed by atoms with Crippen molar-refractivity contribution in [2.24, 2.45) is 11.5 Å². The van der Waals surface area contributed by atoms with E-state index in [9.17, 15) is 14.2 Å². The average molecular weight is 381 g/mol. The minimum atomic E-state index is -2.61. The van der Waals surface area contributed by atoms with Gasteiger partial charge in [-0.05, 0) is 31.4 Å². The summed E-state index contributed by atoms with van der Waals surface area (Å²) in [5.41, 5.74) is 10.4. The van der Waals surface area contributed by atoms with Crippen LogP contribution in [-0.4, -0.2) is 42.8 Å². The standard InChI is InChI=1S/C17H28N5O3P/c18-9-5-11-21-16(24)17(19,12-13-6-2-1-3-7-13)22-26(25)14-8-4-10-20-15(14)23/h1-3,6-7,14,26H,4-5,8-12,18-19H2,(H,20,23)(H,21,24)(H,22,25)/t14-,17?/m0/s1. The molecule has 1 heterocycles. The van der Waals surface area contributed by atoms with Gasteiger partial charge in [-0.1, -0.05) is 30.3 Å². The quantitative estimate of drug-likeness (QED) is 0.226. The van der Waals surface area contributed by atoms with Gasteiger partial charge in [-0.3, -0.25) is 9.59 Å². The lowest BCUT2D eigenvalue weighted by atomic mass is 10.0. The van der Waals surface area contributed by atoms with Gasteiger partial charge in [0.15, 0.2) is 5.66 Å². The van der Waals surface area contributed by atoms with Crippen LogP contribution < -0.4 is 27.2 Å². The van der Waals surface area contributed by atoms with Gasteiger partial charge < -0.3 is 26.7 Å². The molecule has 0 aliphatic carbocycles. The molecule has 3 atom stereocenters. The maximum Gasteiger partial charge on any atom is 0.255 e. The van der Waals surface area contributed by atoms with Crippen molar-refractivity contribution >= 4 is 19.8 Å². The molecule has 26 heavy (non-hydrogen) atoms. The van der Waals surface area contributed by atoms with Gasteiger partial charge in [0.2, 0.25) is 5.91 Å². The van der Waals surface area contributed by atoms with Crippen LogP contribution >= 0.6 is 7.95 Å². The second-order valence-corrected chi connectivity index (χ2v) is 8.18. The smallest absolute Gasteiger partial charge is 0.255 e. The van der Waals surface area contributed by atoms with Gasteiger partial charge in [0.25, 0.3) is 5.91 Å². The Bertz CT molecular complexity index is 643. The van der Waals surface area contributed by atoms with Crippen molar-refractivity contribution in [3.05, 3.63) is 35.9 Å². The number of hydrogen-bond donors (Lipinski definition) is 5. The lowest BCUT2D eigenvalue weighted by Crippen LogP contribution is -2.63. The molecule has 0 aromatic heterocycles. The molecule has 7 N–H and O–H groups in total. The summed E-state index contributed by atoms with van der Waals surface area (Å²) in [6.45, 7) is 1.42. The number of nitrogens with two attached hydrogens (primary N) is 2. The molecular weight excluding hydrogens is 353 g/mol. The first-order chi connectivity index (χ1) is 12.5. The number of carbonyl (C=O) groups excluding carboxylic acids is 2. The van der Waals surface area contributed by atoms with E-state index in [4.69, 9.17) is 11.5 Å². The third-order valence-electron chi connectivity index (χ3n) is 4.35. The Morgan fingerprint density at radius 3 is 2.73 bits per heavy atom. The molecule has 8 nitrogen and oxygen atoms in total. The van der Waals surface area contributed by atoms with Gasteiger partial charge in [0, 0.05) is 19.5 Å². The average Bonchev–Trinajstić information content (AvgIpc) is 2.62. The Morgan fingerprint density at radius 2 is 2.08 bits per heavy atom. The van der Waals surface area contributed by atoms with E-state index in [1.165, 1.54) is 0 Å². The number of nitrogens with one attached hydrogen (secondary N) is 3. The molecule has 1 aliphatic heterocycles. The summed E-state index contributed by atoms with van der Waals surface area (Å²) >= 11 is 0. The normalized spacial score (nSPS) is 20.7. The van der Waals surface area contributed by atoms with Crippen molar-refractivity contribution in [1.29, 1.82) is 0 Å². The van der Waals surface area contributed by atoms with Crippen LogP contribution in [0.3, 0.4) is 0 Å². The minimum absolute atomic E-state index is 0.160. The molecule has 1 aromatic carbocycles. The zero-order chi connectivity index (χ0) is 19.0. The van der Waals surface area contributed by atoms with Crippen LogP contribution in [0.5, 0.6) is 0 Å². The van der Waals surface area contributed by atoms with Crippen molar-refractivity contribution in [3.8, 4) is 0 Å². The molecule has 1 aromatic rings. The van der Waals surface area contributed by atoms with E-state index in [0.717, 1.165) is 12.0 Å². The molecular formula is C17H28N5O3P. The zero-order valence-corrected chi connectivity index (χ0v) is 15.8. The van der Waals surface area contributed by atoms with Gasteiger partial charge in [0.05, 0.1) is 0 Å². The van der Waals surface area contributed by atoms with E-state index >= 15 is 0 Å². The highest BCUT2D eigenvalue weighted by Crippen LogP contribution is 2.32. The summed E-state index contributed by atoms with van der Waals surface area (Å²) in [7, 11) is -2.61. The molecule has 2 unspecified atom stereocenters. The number of carbonyl (C=O) groups is 2. The maximum atomic E-state index is 12.8. The van der Waals surface area contributed by atoms with E-state index in [-0.39, 0.29) is 12.3 Å². The van der Waals surface area contributed by atoms with E-state index < -0.39 is 25.2 Å². The Kier molecular flexibility index (Phi) is 7.78. The number of amides is 2. The van der Waals surface area contributed by atoms with Crippen LogP contribution in [0.1, 0.15) is 24.8 Å². The van der Waals surface area contributed by atoms with Gasteiger partial charge >= 0.3 is 0 Å². The van der Waals surface area contributed by atoms with Crippen LogP contribution in [0.15, 0.2) is 30.3 Å². The summed E-state index contributed by atoms with van der Waals surface area (Å²) in [5, 5.41) is 8.23. The van der Waals surface area contributed by atoms with E-state index in [0.29, 0.717) is 32.5 Å². The Hall–Kier alpha value is -1.73. The molecule has 1 fully saturated rings. The van der Waals surface area contributed by atoms with Crippen molar-refractivity contribution in [2.45, 2.75) is 37.0 Å². The maximum absolute atomic E-state index is 12.8. The molecule has 0 bridgehead atoms. The second kappa shape index (κ2) is 9.83. The number of hydrogen-bond acceptors (Lipinski definition) is 5. The summed E-state index contributed by atoms with van der Waals surface area (Å²) in [5.74, 6) is -0.706. The molecule has 0 radical (unpaired) electrons. The lowest BCUT2D eigenvalue weighted by Gasteiger charge is -2.32. The zero-order valence-electron chi connectivity index (χ0n) is 14.8. The number of rotatable bonds is 9. The fraction of sp³-hybridized carbons (Fsp3) is 0.529. The highest BCUT2D eigenvalue weighted by atomic mass is 31.1. The van der Waals surface area contributed by atoms with Crippen LogP contribution in [0.4, 0.5) is 0 Å². The Morgan fingerprint density at radius 1 is 1.35 bits per heavy atom. The summed E-state index contributed by atoms with van der Waals surface area (Å²) in [6, 6.07) is 9.26. The summed E-state index contributed by atoms with van der Waals surface area (Å²) in [4.78, 5) is 24.7. The SMILES string of the molecule is NCCCNC(=O)C(N)(Cc1ccccc1)N[PH](=O)[C@H]1CCCNC1=O. The van der Waals surface area contributed by atoms with Gasteiger partial charge in [-0.25, -0.2) is 5.09 Å². The fourth-order valence-electron chi connectivity index (χ4n) is 2.89. The van der Waals surface area contributed by atoms with Crippen molar-refractivity contribution in [2.75, 3.05) is 19.6 Å². The van der Waals surface area contributed by atoms with Gasteiger partial charge in [0.1, 0.15) is 13.6 Å². The predicted octanol–water partition coefficient (Wildman–Crippen LogP) is -0.308. The van der Waals surface area contributed by atoms with Gasteiger partial charge in [-0.2, -0.15) is 0 Å². The third kappa shape index (κ3) is 5.64. The third-order valence-corrected chi connectivity index (χ3v) is 6.22. The fourth-order valence-corrected chi connectivity index (χ4v) is 4.51. The molecule has 9 heteroatoms. The minimum Gasteiger partial charge on any atom is -0.355 e. The number of benzene rings is 1. The Balaban J connectivity index is 2.14. The molecule has 2 amide bonds. The lowest BCUT2D eigenvalue weighted by molar-refractivity contribution is -0.127. The second-order valence-electron chi connectivity index (χ2n) is 6.51. The first-order valence-electron chi connectivity index (χ1n) is 8.87. The highest BCUT2D eigenvalue weighted by molar-refractivity contribution is 7.44. The predicted molar refractivity (Wildman–Crippen MR) is 102 cm³/mol. The molecule has 2 rings (SSSR count). The topological polar surface area (TPSA) is 139 Å². The molecule has 0 saturated carbocycles. The van der Waals surface area contributed by atoms with Gasteiger partial charge in [-0.15, -0.1) is 0 Å². The van der Waals surface area contributed by atoms with E-state index in [1.807, 2.05) is 30.3 Å². The van der Waals surface area contributed by atoms with E-state index in [2.05, 4.69) is 15.7 Å². The largest absolute Gasteiger partial charge is 0.355 e. The molecule has 1 saturated heterocycles. The van der Waals surface area contributed by atoms with Crippen LogP contribution in [0, 0.1) is 0 Å². The molecule has 0 spiro atoms. The van der Waals surface area contributed by atoms with Crippen LogP contribution in [0.25, 0.3) is 0 Å². The first kappa shape index (κ1) is 20.6. The van der Waals surface area contributed by atoms with Crippen molar-refractivity contribution in [3.63, 3.8) is 0 Å². The Labute approximate surface area is 154 Å². The van der Waals surface area contributed by atoms with Crippen molar-refractivity contribution in [1.82, 2.24) is 15.7 Å². The van der Waals surface area contributed by atoms with Crippen LogP contribution in [0.2, 0.25) is 0 Å². The summed E-state index contributed by atoms with van der Waals surface area (Å²) in [6.07, 6.45) is 2.06. The molecule has 1 aliphatic rings. The first-order valence-corrected chi connectivity index (χ1v) is 10.4. The summed E-state index contributed by atoms with van der Waals surface area (Å²) < 4.78 is 12.8. The highest BCUT2D eigenvalue weighted by Gasteiger charge is 2.39. The molecule has 144 valence electrons. The monoisotopic (exact) mass is 381 g/mol. The van der Waals surface area contributed by atoms with E-state index in [1.54, 1.807) is 0 Å². The van der Waals surface area contributed by atoms with Crippen molar-refractivity contribution < 1.29 is 14.2 Å².